The lowest BCUT2D eigenvalue weighted by molar-refractivity contribution is 0.00598. The molecule has 1 atom stereocenters. The van der Waals surface area contributed by atoms with E-state index in [-0.39, 0.29) is 5.54 Å². The lowest BCUT2D eigenvalue weighted by Crippen LogP contribution is -2.54. The molecule has 0 aliphatic carbocycles. The van der Waals surface area contributed by atoms with Crippen molar-refractivity contribution in [3.8, 4) is 0 Å². The minimum absolute atomic E-state index is 0.156. The number of nitrogens with zero attached hydrogens (tertiary/aromatic N) is 2. The largest absolute Gasteiger partial charge is 0.296 e. The van der Waals surface area contributed by atoms with Crippen LogP contribution in [0.5, 0.6) is 0 Å². The zero-order valence-corrected chi connectivity index (χ0v) is 15.6. The number of benzene rings is 2. The number of piperazine rings is 1. The lowest BCUT2D eigenvalue weighted by atomic mass is 9.95. The third-order valence-corrected chi connectivity index (χ3v) is 5.08. The summed E-state index contributed by atoms with van der Waals surface area (Å²) >= 11 is 6.09. The van der Waals surface area contributed by atoms with Crippen molar-refractivity contribution in [3.05, 3.63) is 70.7 Å². The molecule has 2 aromatic rings. The molecule has 1 aliphatic heterocycles. The van der Waals surface area contributed by atoms with Gasteiger partial charge in [-0.25, -0.2) is 0 Å². The standard InChI is InChI=1S/C21H27ClN2/c1-21(2,3)24-14-13-23(15-17-7-5-4-6-8-17)16-20(24)18-9-11-19(22)12-10-18/h4-12,20H,13-16H2,1-3H3. The maximum atomic E-state index is 6.09. The highest BCUT2D eigenvalue weighted by molar-refractivity contribution is 6.30. The topological polar surface area (TPSA) is 6.48 Å². The van der Waals surface area contributed by atoms with Crippen LogP contribution in [0.3, 0.4) is 0 Å². The lowest BCUT2D eigenvalue weighted by Gasteiger charge is -2.48. The van der Waals surface area contributed by atoms with Gasteiger partial charge in [0.1, 0.15) is 0 Å². The molecule has 1 fully saturated rings. The minimum Gasteiger partial charge on any atom is -0.296 e. The average molecular weight is 343 g/mol. The smallest absolute Gasteiger partial charge is 0.0481 e. The van der Waals surface area contributed by atoms with Crippen molar-refractivity contribution in [2.45, 2.75) is 38.9 Å². The predicted molar refractivity (Wildman–Crippen MR) is 102 cm³/mol. The highest BCUT2D eigenvalue weighted by Crippen LogP contribution is 2.32. The van der Waals surface area contributed by atoms with Gasteiger partial charge in [-0.3, -0.25) is 9.80 Å². The fourth-order valence-electron chi connectivity index (χ4n) is 3.60. The molecule has 1 unspecified atom stereocenters. The van der Waals surface area contributed by atoms with Gasteiger partial charge in [0.05, 0.1) is 0 Å². The van der Waals surface area contributed by atoms with Gasteiger partial charge in [-0.2, -0.15) is 0 Å². The molecule has 3 heteroatoms. The molecular weight excluding hydrogens is 316 g/mol. The highest BCUT2D eigenvalue weighted by Gasteiger charge is 2.34. The second-order valence-electron chi connectivity index (χ2n) is 7.65. The van der Waals surface area contributed by atoms with E-state index in [9.17, 15) is 0 Å². The normalized spacial score (nSPS) is 20.2. The van der Waals surface area contributed by atoms with E-state index in [4.69, 9.17) is 11.6 Å². The molecule has 24 heavy (non-hydrogen) atoms. The first kappa shape index (κ1) is 17.5. The van der Waals surface area contributed by atoms with Crippen molar-refractivity contribution in [2.75, 3.05) is 19.6 Å². The molecule has 2 aromatic carbocycles. The molecular formula is C21H27ClN2. The van der Waals surface area contributed by atoms with Crippen molar-refractivity contribution in [1.29, 1.82) is 0 Å². The summed E-state index contributed by atoms with van der Waals surface area (Å²) in [5, 5.41) is 0.804. The second kappa shape index (κ2) is 7.26. The van der Waals surface area contributed by atoms with E-state index in [1.165, 1.54) is 11.1 Å². The van der Waals surface area contributed by atoms with Crippen LogP contribution in [-0.2, 0) is 6.54 Å². The van der Waals surface area contributed by atoms with Gasteiger partial charge >= 0.3 is 0 Å². The van der Waals surface area contributed by atoms with E-state index in [1.807, 2.05) is 12.1 Å². The van der Waals surface area contributed by atoms with Gasteiger partial charge in [0.15, 0.2) is 0 Å². The highest BCUT2D eigenvalue weighted by atomic mass is 35.5. The van der Waals surface area contributed by atoms with Gasteiger partial charge in [-0.05, 0) is 44.0 Å². The van der Waals surface area contributed by atoms with Crippen molar-refractivity contribution in [1.82, 2.24) is 9.80 Å². The molecule has 0 radical (unpaired) electrons. The first-order chi connectivity index (χ1) is 11.4. The fourth-order valence-corrected chi connectivity index (χ4v) is 3.72. The summed E-state index contributed by atoms with van der Waals surface area (Å²) in [5.74, 6) is 0. The van der Waals surface area contributed by atoms with Crippen LogP contribution in [0, 0.1) is 0 Å². The van der Waals surface area contributed by atoms with Gasteiger partial charge in [-0.1, -0.05) is 54.1 Å². The summed E-state index contributed by atoms with van der Waals surface area (Å²) in [6.45, 7) is 11.2. The van der Waals surface area contributed by atoms with Gasteiger partial charge in [-0.15, -0.1) is 0 Å². The number of rotatable bonds is 3. The third kappa shape index (κ3) is 4.18. The predicted octanol–water partition coefficient (Wildman–Crippen LogP) is 5.00. The monoisotopic (exact) mass is 342 g/mol. The van der Waals surface area contributed by atoms with Gasteiger partial charge < -0.3 is 0 Å². The fraction of sp³-hybridized carbons (Fsp3) is 0.429. The number of hydrogen-bond acceptors (Lipinski definition) is 2. The molecule has 0 amide bonds. The van der Waals surface area contributed by atoms with Crippen LogP contribution >= 0.6 is 11.6 Å². The Kier molecular flexibility index (Phi) is 5.29. The summed E-state index contributed by atoms with van der Waals surface area (Å²) in [4.78, 5) is 5.19. The van der Waals surface area contributed by atoms with Gasteiger partial charge in [0.25, 0.3) is 0 Å². The molecule has 1 aliphatic rings. The van der Waals surface area contributed by atoms with Crippen molar-refractivity contribution in [2.24, 2.45) is 0 Å². The Morgan fingerprint density at radius 2 is 1.62 bits per heavy atom. The SMILES string of the molecule is CC(C)(C)N1CCN(Cc2ccccc2)CC1c1ccc(Cl)cc1. The third-order valence-electron chi connectivity index (χ3n) is 4.83. The van der Waals surface area contributed by atoms with Crippen molar-refractivity contribution in [3.63, 3.8) is 0 Å². The number of hydrogen-bond donors (Lipinski definition) is 0. The molecule has 1 saturated heterocycles. The van der Waals surface area contributed by atoms with Crippen LogP contribution in [0.4, 0.5) is 0 Å². The zero-order chi connectivity index (χ0) is 17.2. The van der Waals surface area contributed by atoms with Crippen LogP contribution < -0.4 is 0 Å². The summed E-state index contributed by atoms with van der Waals surface area (Å²) in [6, 6.07) is 19.5. The molecule has 3 rings (SSSR count). The van der Waals surface area contributed by atoms with Crippen LogP contribution in [0.15, 0.2) is 54.6 Å². The maximum absolute atomic E-state index is 6.09. The average Bonchev–Trinajstić information content (AvgIpc) is 2.55. The van der Waals surface area contributed by atoms with Crippen LogP contribution in [0.1, 0.15) is 37.9 Å². The van der Waals surface area contributed by atoms with E-state index >= 15 is 0 Å². The van der Waals surface area contributed by atoms with E-state index in [1.54, 1.807) is 0 Å². The summed E-state index contributed by atoms with van der Waals surface area (Å²) in [5.41, 5.74) is 2.90. The Morgan fingerprint density at radius 1 is 0.958 bits per heavy atom. The summed E-state index contributed by atoms with van der Waals surface area (Å²) in [6.07, 6.45) is 0. The minimum atomic E-state index is 0.156. The zero-order valence-electron chi connectivity index (χ0n) is 14.9. The first-order valence-corrected chi connectivity index (χ1v) is 9.10. The second-order valence-corrected chi connectivity index (χ2v) is 8.09. The van der Waals surface area contributed by atoms with Crippen LogP contribution in [0.2, 0.25) is 5.02 Å². The van der Waals surface area contributed by atoms with E-state index in [0.717, 1.165) is 31.2 Å². The Morgan fingerprint density at radius 3 is 2.25 bits per heavy atom. The number of halogens is 1. The molecule has 2 nitrogen and oxygen atoms in total. The maximum Gasteiger partial charge on any atom is 0.0481 e. The van der Waals surface area contributed by atoms with Crippen LogP contribution in [0.25, 0.3) is 0 Å². The Balaban J connectivity index is 1.80. The quantitative estimate of drug-likeness (QED) is 0.774. The van der Waals surface area contributed by atoms with Crippen molar-refractivity contribution < 1.29 is 0 Å². The molecule has 0 bridgehead atoms. The Bertz CT molecular complexity index is 646. The van der Waals surface area contributed by atoms with E-state index in [0.29, 0.717) is 6.04 Å². The van der Waals surface area contributed by atoms with Gasteiger partial charge in [0.2, 0.25) is 0 Å². The molecule has 0 spiro atoms. The first-order valence-electron chi connectivity index (χ1n) is 8.72. The Hall–Kier alpha value is -1.35. The Labute approximate surface area is 151 Å². The molecule has 0 saturated carbocycles. The van der Waals surface area contributed by atoms with E-state index in [2.05, 4.69) is 73.0 Å². The van der Waals surface area contributed by atoms with Gasteiger partial charge in [0, 0.05) is 42.8 Å². The molecule has 128 valence electrons. The molecule has 0 aromatic heterocycles. The summed E-state index contributed by atoms with van der Waals surface area (Å²) in [7, 11) is 0. The van der Waals surface area contributed by atoms with Crippen LogP contribution in [-0.4, -0.2) is 35.0 Å². The molecule has 1 heterocycles. The van der Waals surface area contributed by atoms with E-state index < -0.39 is 0 Å². The van der Waals surface area contributed by atoms with Crippen molar-refractivity contribution >= 4 is 11.6 Å². The molecule has 0 N–H and O–H groups in total. The summed E-state index contributed by atoms with van der Waals surface area (Å²) < 4.78 is 0.